The van der Waals surface area contributed by atoms with Gasteiger partial charge in [-0.1, -0.05) is 12.2 Å². The van der Waals surface area contributed by atoms with Crippen LogP contribution in [0, 0.1) is 31.6 Å². The number of nitrogens with zero attached hydrogens (tertiary/aromatic N) is 2. The van der Waals surface area contributed by atoms with Gasteiger partial charge in [-0.05, 0) is 69.8 Å². The van der Waals surface area contributed by atoms with Crippen molar-refractivity contribution in [1.82, 2.24) is 20.2 Å². The van der Waals surface area contributed by atoms with Crippen LogP contribution in [0.5, 0.6) is 0 Å². The number of piperidine rings is 1. The van der Waals surface area contributed by atoms with E-state index in [-0.39, 0.29) is 29.5 Å². The van der Waals surface area contributed by atoms with Crippen LogP contribution in [0.25, 0.3) is 0 Å². The Morgan fingerprint density at radius 1 is 1.17 bits per heavy atom. The van der Waals surface area contributed by atoms with E-state index in [1.165, 1.54) is 0 Å². The number of carbonyl (C=O) groups is 2. The molecule has 1 aromatic rings. The monoisotopic (exact) mass is 412 g/mol. The summed E-state index contributed by atoms with van der Waals surface area (Å²) < 4.78 is 0. The van der Waals surface area contributed by atoms with E-state index >= 15 is 0 Å². The third kappa shape index (κ3) is 4.35. The molecule has 1 saturated heterocycles. The lowest BCUT2D eigenvalue weighted by molar-refractivity contribution is -0.134. The van der Waals surface area contributed by atoms with Crippen molar-refractivity contribution in [3.05, 3.63) is 39.6 Å². The average molecular weight is 413 g/mol. The molecule has 1 aliphatic heterocycles. The summed E-state index contributed by atoms with van der Waals surface area (Å²) in [6.45, 7) is 5.13. The first kappa shape index (κ1) is 20.8. The number of aromatic amines is 1. The highest BCUT2D eigenvalue weighted by Gasteiger charge is 2.44. The van der Waals surface area contributed by atoms with Crippen molar-refractivity contribution in [2.45, 2.75) is 64.8 Å². The molecule has 7 nitrogen and oxygen atoms in total. The van der Waals surface area contributed by atoms with E-state index in [9.17, 15) is 14.4 Å². The number of aromatic nitrogens is 2. The highest BCUT2D eigenvalue weighted by Crippen LogP contribution is 2.37. The molecule has 7 heteroatoms. The van der Waals surface area contributed by atoms with Crippen LogP contribution in [-0.2, 0) is 16.0 Å². The number of allylic oxidation sites excluding steroid dienone is 2. The lowest BCUT2D eigenvalue weighted by Crippen LogP contribution is -2.54. The molecule has 2 unspecified atom stereocenters. The molecule has 4 atom stereocenters. The zero-order chi connectivity index (χ0) is 21.3. The minimum Gasteiger partial charge on any atom is -0.352 e. The van der Waals surface area contributed by atoms with E-state index < -0.39 is 0 Å². The minimum atomic E-state index is -0.343. The maximum atomic E-state index is 12.9. The number of hydrogen-bond acceptors (Lipinski definition) is 4. The molecule has 0 spiro atoms. The third-order valence-electron chi connectivity index (χ3n) is 7.18. The van der Waals surface area contributed by atoms with Crippen molar-refractivity contribution >= 4 is 11.8 Å². The van der Waals surface area contributed by atoms with Crippen molar-refractivity contribution in [3.8, 4) is 0 Å². The van der Waals surface area contributed by atoms with Crippen LogP contribution in [0.15, 0.2) is 16.9 Å². The van der Waals surface area contributed by atoms with Crippen LogP contribution in [-0.4, -0.2) is 45.8 Å². The standard InChI is InChI=1S/C23H32N4O3/c1-14-19(15(2)25-23(30)24-14)10-11-20(28)27-12-17-8-9-18(13-27)21(17)26-22(29)16-6-4-3-5-7-16/h3-4,16-18,21H,5-13H2,1-2H3,(H,26,29)(H,24,25,30)/t16?,17-,18+,21?. The van der Waals surface area contributed by atoms with E-state index in [1.54, 1.807) is 0 Å². The van der Waals surface area contributed by atoms with Gasteiger partial charge in [-0.25, -0.2) is 4.79 Å². The zero-order valence-electron chi connectivity index (χ0n) is 17.9. The maximum absolute atomic E-state index is 12.9. The molecule has 162 valence electrons. The van der Waals surface area contributed by atoms with E-state index in [4.69, 9.17) is 0 Å². The van der Waals surface area contributed by atoms with Gasteiger partial charge in [0.15, 0.2) is 0 Å². The van der Waals surface area contributed by atoms with Crippen LogP contribution in [0.4, 0.5) is 0 Å². The van der Waals surface area contributed by atoms with E-state index in [0.717, 1.165) is 56.5 Å². The summed E-state index contributed by atoms with van der Waals surface area (Å²) in [5, 5.41) is 3.34. The number of aryl methyl sites for hydroxylation is 2. The van der Waals surface area contributed by atoms with Crippen molar-refractivity contribution in [2.75, 3.05) is 13.1 Å². The number of H-pyrrole nitrogens is 1. The molecule has 3 aliphatic rings. The lowest BCUT2D eigenvalue weighted by atomic mass is 9.89. The van der Waals surface area contributed by atoms with E-state index in [0.29, 0.717) is 30.4 Å². The van der Waals surface area contributed by atoms with Gasteiger partial charge < -0.3 is 15.2 Å². The number of nitrogens with one attached hydrogen (secondary N) is 2. The zero-order valence-corrected chi connectivity index (χ0v) is 17.9. The quantitative estimate of drug-likeness (QED) is 0.724. The van der Waals surface area contributed by atoms with Gasteiger partial charge in [0.1, 0.15) is 0 Å². The fraction of sp³-hybridized carbons (Fsp3) is 0.652. The number of hydrogen-bond donors (Lipinski definition) is 2. The number of fused-ring (bicyclic) bond motifs is 2. The van der Waals surface area contributed by atoms with Gasteiger partial charge in [-0.3, -0.25) is 9.59 Å². The summed E-state index contributed by atoms with van der Waals surface area (Å²) in [5.41, 5.74) is 2.10. The number of rotatable bonds is 5. The number of likely N-dealkylation sites (tertiary alicyclic amines) is 1. The van der Waals surface area contributed by atoms with E-state index in [1.807, 2.05) is 18.7 Å². The molecule has 1 saturated carbocycles. The molecule has 1 aromatic heterocycles. The minimum absolute atomic E-state index is 0.103. The Kier molecular flexibility index (Phi) is 6.06. The van der Waals surface area contributed by atoms with Crippen molar-refractivity contribution < 1.29 is 9.59 Å². The van der Waals surface area contributed by atoms with Gasteiger partial charge in [0.2, 0.25) is 11.8 Å². The Bertz CT molecular complexity index is 866. The Morgan fingerprint density at radius 3 is 2.53 bits per heavy atom. The number of carbonyl (C=O) groups excluding carboxylic acids is 2. The average Bonchev–Trinajstić information content (AvgIpc) is 2.94. The van der Waals surface area contributed by atoms with Crippen LogP contribution < -0.4 is 11.0 Å². The fourth-order valence-corrected chi connectivity index (χ4v) is 5.49. The number of amides is 2. The SMILES string of the molecule is Cc1nc(=O)[nH]c(C)c1CCC(=O)N1C[C@H]2CC[C@@H](C1)C2NC(=O)C1CC=CCC1. The predicted molar refractivity (Wildman–Crippen MR) is 114 cm³/mol. The molecule has 2 aliphatic carbocycles. The predicted octanol–water partition coefficient (Wildman–Crippen LogP) is 2.03. The lowest BCUT2D eigenvalue weighted by Gasteiger charge is -2.39. The molecule has 4 rings (SSSR count). The van der Waals surface area contributed by atoms with Crippen LogP contribution >= 0.6 is 0 Å². The second kappa shape index (κ2) is 8.74. The summed E-state index contributed by atoms with van der Waals surface area (Å²) in [6, 6.07) is 0.209. The molecular weight excluding hydrogens is 380 g/mol. The third-order valence-corrected chi connectivity index (χ3v) is 7.18. The molecule has 2 fully saturated rings. The molecule has 30 heavy (non-hydrogen) atoms. The molecule has 2 heterocycles. The second-order valence-corrected chi connectivity index (χ2v) is 9.14. The van der Waals surface area contributed by atoms with Crippen LogP contribution in [0.1, 0.15) is 55.5 Å². The van der Waals surface area contributed by atoms with Crippen LogP contribution in [0.3, 0.4) is 0 Å². The molecule has 2 N–H and O–H groups in total. The van der Waals surface area contributed by atoms with Gasteiger partial charge >= 0.3 is 5.69 Å². The Morgan fingerprint density at radius 2 is 1.90 bits per heavy atom. The van der Waals surface area contributed by atoms with Crippen molar-refractivity contribution in [3.63, 3.8) is 0 Å². The van der Waals surface area contributed by atoms with Crippen molar-refractivity contribution in [2.24, 2.45) is 17.8 Å². The largest absolute Gasteiger partial charge is 0.352 e. The smallest absolute Gasteiger partial charge is 0.345 e. The van der Waals surface area contributed by atoms with Gasteiger partial charge in [-0.15, -0.1) is 0 Å². The summed E-state index contributed by atoms with van der Waals surface area (Å²) in [5.74, 6) is 1.16. The second-order valence-electron chi connectivity index (χ2n) is 9.14. The molecular formula is C23H32N4O3. The summed E-state index contributed by atoms with van der Waals surface area (Å²) >= 11 is 0. The molecule has 0 radical (unpaired) electrons. The van der Waals surface area contributed by atoms with Gasteiger partial charge in [0.25, 0.3) is 0 Å². The topological polar surface area (TPSA) is 95.2 Å². The molecule has 2 bridgehead atoms. The Hall–Kier alpha value is -2.44. The van der Waals surface area contributed by atoms with Crippen LogP contribution in [0.2, 0.25) is 0 Å². The first-order valence-electron chi connectivity index (χ1n) is 11.2. The van der Waals surface area contributed by atoms with Gasteiger partial charge in [-0.2, -0.15) is 4.98 Å². The van der Waals surface area contributed by atoms with Gasteiger partial charge in [0.05, 0.1) is 0 Å². The Labute approximate surface area is 177 Å². The van der Waals surface area contributed by atoms with Gasteiger partial charge in [0, 0.05) is 42.9 Å². The summed E-state index contributed by atoms with van der Waals surface area (Å²) in [6.07, 6.45) is 10.2. The van der Waals surface area contributed by atoms with E-state index in [2.05, 4.69) is 27.4 Å². The highest BCUT2D eigenvalue weighted by molar-refractivity contribution is 5.80. The summed E-state index contributed by atoms with van der Waals surface area (Å²) in [4.78, 5) is 45.7. The summed E-state index contributed by atoms with van der Waals surface area (Å²) in [7, 11) is 0. The maximum Gasteiger partial charge on any atom is 0.345 e. The normalized spacial score (nSPS) is 27.9. The first-order chi connectivity index (χ1) is 14.4. The molecule has 0 aromatic carbocycles. The molecule has 2 amide bonds. The van der Waals surface area contributed by atoms with Crippen molar-refractivity contribution in [1.29, 1.82) is 0 Å². The fourth-order valence-electron chi connectivity index (χ4n) is 5.49. The highest BCUT2D eigenvalue weighted by atomic mass is 16.2. The Balaban J connectivity index is 1.33. The first-order valence-corrected chi connectivity index (χ1v) is 11.2.